The van der Waals surface area contributed by atoms with Crippen LogP contribution < -0.4 is 0 Å². The van der Waals surface area contributed by atoms with Gasteiger partial charge >= 0.3 is 0 Å². The van der Waals surface area contributed by atoms with Gasteiger partial charge in [-0.15, -0.1) is 10.2 Å². The molecular weight excluding hydrogens is 280 g/mol. The summed E-state index contributed by atoms with van der Waals surface area (Å²) in [5, 5.41) is 14.0. The second kappa shape index (κ2) is 5.30. The van der Waals surface area contributed by atoms with Gasteiger partial charge < -0.3 is 0 Å². The van der Waals surface area contributed by atoms with E-state index in [0.717, 1.165) is 28.9 Å². The molecule has 0 saturated carbocycles. The lowest BCUT2D eigenvalue weighted by molar-refractivity contribution is 0.590. The van der Waals surface area contributed by atoms with Crippen LogP contribution in [0.4, 0.5) is 0 Å². The normalized spacial score (nSPS) is 14.8. The molecule has 2 heterocycles. The summed E-state index contributed by atoms with van der Waals surface area (Å²) in [4.78, 5) is 0. The van der Waals surface area contributed by atoms with Gasteiger partial charge in [-0.25, -0.2) is 0 Å². The maximum atomic E-state index is 4.73. The van der Waals surface area contributed by atoms with Gasteiger partial charge in [0.1, 0.15) is 0 Å². The highest BCUT2D eigenvalue weighted by Gasteiger charge is 2.19. The molecule has 0 N–H and O–H groups in total. The fraction of sp³-hybridized carbons (Fsp3) is 0.438. The Morgan fingerprint density at radius 2 is 1.86 bits per heavy atom. The van der Waals surface area contributed by atoms with Crippen LogP contribution in [0.1, 0.15) is 44.6 Å². The van der Waals surface area contributed by atoms with E-state index in [9.17, 15) is 0 Å². The lowest BCUT2D eigenvalue weighted by atomic mass is 9.86. The summed E-state index contributed by atoms with van der Waals surface area (Å²) in [6.07, 6.45) is 0.841. The maximum Gasteiger partial charge on any atom is 0.212 e. The number of hydrogen-bond donors (Lipinski definition) is 0. The zero-order valence-electron chi connectivity index (χ0n) is 12.9. The Kier molecular flexibility index (Phi) is 3.61. The fourth-order valence-electron chi connectivity index (χ4n) is 2.29. The molecule has 0 bridgehead atoms. The number of rotatable bonds is 2. The third kappa shape index (κ3) is 2.75. The molecule has 4 nitrogen and oxygen atoms in total. The van der Waals surface area contributed by atoms with Gasteiger partial charge in [0.2, 0.25) is 5.16 Å². The second-order valence-electron chi connectivity index (χ2n) is 6.23. The van der Waals surface area contributed by atoms with Crippen molar-refractivity contribution in [3.05, 3.63) is 41.2 Å². The van der Waals surface area contributed by atoms with Gasteiger partial charge in [-0.3, -0.25) is 0 Å². The van der Waals surface area contributed by atoms with Gasteiger partial charge in [0, 0.05) is 12.2 Å². The first-order chi connectivity index (χ1) is 9.99. The van der Waals surface area contributed by atoms with Crippen LogP contribution in [0, 0.1) is 0 Å². The highest BCUT2D eigenvalue weighted by Crippen LogP contribution is 2.26. The predicted octanol–water partition coefficient (Wildman–Crippen LogP) is 3.50. The van der Waals surface area contributed by atoms with E-state index in [0.29, 0.717) is 0 Å². The Labute approximate surface area is 129 Å². The van der Waals surface area contributed by atoms with Crippen LogP contribution in [-0.4, -0.2) is 26.3 Å². The molecule has 0 fully saturated rings. The number of nitrogens with zero attached hydrogens (tertiary/aromatic N) is 4. The Morgan fingerprint density at radius 1 is 1.14 bits per heavy atom. The molecule has 2 aromatic rings. The van der Waals surface area contributed by atoms with Crippen LogP contribution in [0.25, 0.3) is 0 Å². The molecule has 3 rings (SSSR count). The topological polar surface area (TPSA) is 43.1 Å². The number of hydrogen-bond acceptors (Lipinski definition) is 4. The summed E-state index contributed by atoms with van der Waals surface area (Å²) in [6, 6.07) is 8.73. The Bertz CT molecular complexity index is 677. The minimum absolute atomic E-state index is 0.179. The van der Waals surface area contributed by atoms with Gasteiger partial charge in [-0.2, -0.15) is 9.78 Å². The van der Waals surface area contributed by atoms with E-state index in [2.05, 4.69) is 62.2 Å². The zero-order valence-corrected chi connectivity index (χ0v) is 13.7. The SMILES string of the molecule is CCc1nnc2n1N=C(c1ccc(C(C)(C)C)cc1)CS2. The number of fused-ring (bicyclic) bond motifs is 1. The smallest absolute Gasteiger partial charge is 0.191 e. The van der Waals surface area contributed by atoms with Gasteiger partial charge in [-0.05, 0) is 16.5 Å². The summed E-state index contributed by atoms with van der Waals surface area (Å²) >= 11 is 1.70. The third-order valence-electron chi connectivity index (χ3n) is 3.64. The third-order valence-corrected chi connectivity index (χ3v) is 4.57. The Hall–Kier alpha value is -1.62. The van der Waals surface area contributed by atoms with Gasteiger partial charge in [0.05, 0.1) is 5.71 Å². The molecule has 1 aromatic heterocycles. The van der Waals surface area contributed by atoms with E-state index in [1.807, 2.05) is 4.68 Å². The average Bonchev–Trinajstić information content (AvgIpc) is 2.88. The number of benzene rings is 1. The zero-order chi connectivity index (χ0) is 15.0. The standard InChI is InChI=1S/C16H20N4S/c1-5-14-17-18-15-20(14)19-13(10-21-15)11-6-8-12(9-7-11)16(2,3)4/h6-9H,5,10H2,1-4H3. The first-order valence-electron chi connectivity index (χ1n) is 7.25. The number of aromatic nitrogens is 3. The molecular formula is C16H20N4S. The molecule has 0 spiro atoms. The van der Waals surface area contributed by atoms with Crippen molar-refractivity contribution in [2.75, 3.05) is 5.75 Å². The van der Waals surface area contributed by atoms with Crippen molar-refractivity contribution in [2.45, 2.75) is 44.7 Å². The van der Waals surface area contributed by atoms with Gasteiger partial charge in [-0.1, -0.05) is 63.7 Å². The van der Waals surface area contributed by atoms with E-state index in [1.165, 1.54) is 11.1 Å². The van der Waals surface area contributed by atoms with Crippen LogP contribution in [-0.2, 0) is 11.8 Å². The van der Waals surface area contributed by atoms with Crippen LogP contribution in [0.2, 0.25) is 0 Å². The molecule has 1 aliphatic heterocycles. The molecule has 0 saturated heterocycles. The molecule has 21 heavy (non-hydrogen) atoms. The molecule has 0 radical (unpaired) electrons. The minimum atomic E-state index is 0.179. The van der Waals surface area contributed by atoms with E-state index in [-0.39, 0.29) is 5.41 Å². The molecule has 1 aliphatic rings. The monoisotopic (exact) mass is 300 g/mol. The lowest BCUT2D eigenvalue weighted by Crippen LogP contribution is -2.15. The van der Waals surface area contributed by atoms with Crippen LogP contribution in [0.5, 0.6) is 0 Å². The first kappa shape index (κ1) is 14.3. The Balaban J connectivity index is 1.94. The molecule has 0 aliphatic carbocycles. The average molecular weight is 300 g/mol. The summed E-state index contributed by atoms with van der Waals surface area (Å²) in [5.74, 6) is 1.76. The van der Waals surface area contributed by atoms with Crippen molar-refractivity contribution in [3.63, 3.8) is 0 Å². The van der Waals surface area contributed by atoms with Crippen molar-refractivity contribution < 1.29 is 0 Å². The molecule has 0 atom stereocenters. The van der Waals surface area contributed by atoms with Crippen LogP contribution >= 0.6 is 11.8 Å². The van der Waals surface area contributed by atoms with E-state index in [4.69, 9.17) is 5.10 Å². The fourth-order valence-corrected chi connectivity index (χ4v) is 3.15. The molecule has 0 unspecified atom stereocenters. The van der Waals surface area contributed by atoms with Crippen LogP contribution in [0.15, 0.2) is 34.5 Å². The van der Waals surface area contributed by atoms with E-state index >= 15 is 0 Å². The van der Waals surface area contributed by atoms with Crippen molar-refractivity contribution in [3.8, 4) is 0 Å². The van der Waals surface area contributed by atoms with E-state index in [1.54, 1.807) is 11.8 Å². The van der Waals surface area contributed by atoms with Crippen molar-refractivity contribution >= 4 is 17.5 Å². The first-order valence-corrected chi connectivity index (χ1v) is 8.23. The van der Waals surface area contributed by atoms with Crippen molar-refractivity contribution in [1.82, 2.24) is 14.9 Å². The largest absolute Gasteiger partial charge is 0.212 e. The minimum Gasteiger partial charge on any atom is -0.191 e. The van der Waals surface area contributed by atoms with Gasteiger partial charge in [0.15, 0.2) is 5.82 Å². The summed E-state index contributed by atoms with van der Waals surface area (Å²) in [6.45, 7) is 8.76. The highest BCUT2D eigenvalue weighted by molar-refractivity contribution is 7.99. The van der Waals surface area contributed by atoms with Gasteiger partial charge in [0.25, 0.3) is 0 Å². The number of thioether (sulfide) groups is 1. The quantitative estimate of drug-likeness (QED) is 0.852. The molecule has 5 heteroatoms. The number of aryl methyl sites for hydroxylation is 1. The van der Waals surface area contributed by atoms with E-state index < -0.39 is 0 Å². The van der Waals surface area contributed by atoms with Crippen LogP contribution in [0.3, 0.4) is 0 Å². The molecule has 0 amide bonds. The summed E-state index contributed by atoms with van der Waals surface area (Å²) in [7, 11) is 0. The summed E-state index contributed by atoms with van der Waals surface area (Å²) in [5.41, 5.74) is 3.78. The summed E-state index contributed by atoms with van der Waals surface area (Å²) < 4.78 is 1.88. The maximum absolute atomic E-state index is 4.73. The second-order valence-corrected chi connectivity index (χ2v) is 7.17. The lowest BCUT2D eigenvalue weighted by Gasteiger charge is -2.20. The Morgan fingerprint density at radius 3 is 2.48 bits per heavy atom. The molecule has 110 valence electrons. The van der Waals surface area contributed by atoms with Crippen molar-refractivity contribution in [1.29, 1.82) is 0 Å². The predicted molar refractivity (Wildman–Crippen MR) is 87.2 cm³/mol. The highest BCUT2D eigenvalue weighted by atomic mass is 32.2. The van der Waals surface area contributed by atoms with Crippen molar-refractivity contribution in [2.24, 2.45) is 5.10 Å². The molecule has 1 aromatic carbocycles.